The third kappa shape index (κ3) is 2.64. The molecule has 0 aliphatic heterocycles. The van der Waals surface area contributed by atoms with E-state index in [0.29, 0.717) is 17.5 Å². The van der Waals surface area contributed by atoms with Gasteiger partial charge in [-0.2, -0.15) is 0 Å². The van der Waals surface area contributed by atoms with Gasteiger partial charge in [0.05, 0.1) is 4.90 Å². The lowest BCUT2D eigenvalue weighted by Crippen LogP contribution is -2.15. The van der Waals surface area contributed by atoms with Crippen LogP contribution in [0.3, 0.4) is 0 Å². The van der Waals surface area contributed by atoms with Gasteiger partial charge in [0.1, 0.15) is 0 Å². The van der Waals surface area contributed by atoms with Gasteiger partial charge in [-0.25, -0.2) is 13.6 Å². The molecule has 0 amide bonds. The first-order chi connectivity index (χ1) is 6.86. The zero-order valence-electron chi connectivity index (χ0n) is 8.65. The van der Waals surface area contributed by atoms with Gasteiger partial charge < -0.3 is 0 Å². The van der Waals surface area contributed by atoms with E-state index >= 15 is 0 Å². The molecule has 1 aromatic rings. The molecular formula is C10H13NO3S. The summed E-state index contributed by atoms with van der Waals surface area (Å²) in [5.41, 5.74) is 0.985. The molecule has 0 aliphatic carbocycles. The Morgan fingerprint density at radius 3 is 2.40 bits per heavy atom. The molecular weight excluding hydrogens is 214 g/mol. The topological polar surface area (TPSA) is 77.2 Å². The Morgan fingerprint density at radius 2 is 2.00 bits per heavy atom. The number of rotatable bonds is 3. The predicted octanol–water partition coefficient (Wildman–Crippen LogP) is 1.10. The summed E-state index contributed by atoms with van der Waals surface area (Å²) in [7, 11) is -3.75. The molecule has 0 saturated heterocycles. The molecule has 0 aromatic heterocycles. The summed E-state index contributed by atoms with van der Waals surface area (Å²) in [5.74, 6) is -0.178. The summed E-state index contributed by atoms with van der Waals surface area (Å²) in [6, 6.07) is 4.56. The standard InChI is InChI=1S/C10H13NO3S/c1-3-8-4-5-9(7(2)12)6-10(8)15(11,13)14/h4-6H,3H2,1-2H3,(H2,11,13,14). The highest BCUT2D eigenvalue weighted by atomic mass is 32.2. The molecule has 0 atom stereocenters. The van der Waals surface area contributed by atoms with E-state index in [-0.39, 0.29) is 10.7 Å². The van der Waals surface area contributed by atoms with E-state index in [1.54, 1.807) is 12.1 Å². The van der Waals surface area contributed by atoms with Crippen molar-refractivity contribution in [2.45, 2.75) is 25.2 Å². The van der Waals surface area contributed by atoms with Gasteiger partial charge in [-0.3, -0.25) is 4.79 Å². The van der Waals surface area contributed by atoms with Crippen LogP contribution in [0.15, 0.2) is 23.1 Å². The van der Waals surface area contributed by atoms with Crippen molar-refractivity contribution in [2.24, 2.45) is 5.14 Å². The lowest BCUT2D eigenvalue weighted by Gasteiger charge is -2.06. The van der Waals surface area contributed by atoms with Gasteiger partial charge in [0.25, 0.3) is 0 Å². The Balaban J connectivity index is 3.46. The molecule has 0 aliphatic rings. The third-order valence-electron chi connectivity index (χ3n) is 2.16. The first-order valence-electron chi connectivity index (χ1n) is 4.53. The van der Waals surface area contributed by atoms with Crippen molar-refractivity contribution in [3.63, 3.8) is 0 Å². The number of carbonyl (C=O) groups excluding carboxylic acids is 1. The molecule has 2 N–H and O–H groups in total. The molecule has 0 unspecified atom stereocenters. The van der Waals surface area contributed by atoms with E-state index in [0.717, 1.165) is 0 Å². The lowest BCUT2D eigenvalue weighted by atomic mass is 10.1. The molecule has 5 heteroatoms. The van der Waals surface area contributed by atoms with Crippen LogP contribution in [-0.2, 0) is 16.4 Å². The predicted molar refractivity (Wildman–Crippen MR) is 57.2 cm³/mol. The van der Waals surface area contributed by atoms with E-state index in [2.05, 4.69) is 0 Å². The number of carbonyl (C=O) groups is 1. The van der Waals surface area contributed by atoms with Crippen molar-refractivity contribution in [3.05, 3.63) is 29.3 Å². The fourth-order valence-corrected chi connectivity index (χ4v) is 2.20. The fraction of sp³-hybridized carbons (Fsp3) is 0.300. The minimum Gasteiger partial charge on any atom is -0.295 e. The molecule has 0 radical (unpaired) electrons. The maximum atomic E-state index is 11.3. The smallest absolute Gasteiger partial charge is 0.238 e. The van der Waals surface area contributed by atoms with E-state index < -0.39 is 10.0 Å². The van der Waals surface area contributed by atoms with Crippen LogP contribution in [0.2, 0.25) is 0 Å². The second-order valence-electron chi connectivity index (χ2n) is 3.28. The highest BCUT2D eigenvalue weighted by Gasteiger charge is 2.14. The van der Waals surface area contributed by atoms with E-state index in [9.17, 15) is 13.2 Å². The van der Waals surface area contributed by atoms with Gasteiger partial charge in [-0.15, -0.1) is 0 Å². The average Bonchev–Trinajstić information content (AvgIpc) is 2.15. The summed E-state index contributed by atoms with van der Waals surface area (Å²) in [6.07, 6.45) is 0.559. The zero-order valence-corrected chi connectivity index (χ0v) is 9.47. The maximum absolute atomic E-state index is 11.3. The quantitative estimate of drug-likeness (QED) is 0.785. The number of nitrogens with two attached hydrogens (primary N) is 1. The van der Waals surface area contributed by atoms with Crippen LogP contribution >= 0.6 is 0 Å². The first-order valence-corrected chi connectivity index (χ1v) is 6.07. The SMILES string of the molecule is CCc1ccc(C(C)=O)cc1S(N)(=O)=O. The number of aryl methyl sites for hydroxylation is 1. The van der Waals surface area contributed by atoms with E-state index in [4.69, 9.17) is 5.14 Å². The normalized spacial score (nSPS) is 11.4. The molecule has 0 bridgehead atoms. The van der Waals surface area contributed by atoms with Crippen LogP contribution in [0, 0.1) is 0 Å². The highest BCUT2D eigenvalue weighted by molar-refractivity contribution is 7.89. The van der Waals surface area contributed by atoms with Crippen molar-refractivity contribution in [2.75, 3.05) is 0 Å². The van der Waals surface area contributed by atoms with Crippen LogP contribution < -0.4 is 5.14 Å². The Morgan fingerprint density at radius 1 is 1.40 bits per heavy atom. The number of sulfonamides is 1. The van der Waals surface area contributed by atoms with Crippen LogP contribution in [0.4, 0.5) is 0 Å². The average molecular weight is 227 g/mol. The van der Waals surface area contributed by atoms with Crippen LogP contribution in [0.1, 0.15) is 29.8 Å². The van der Waals surface area contributed by atoms with Crippen molar-refractivity contribution >= 4 is 15.8 Å². The Bertz CT molecular complexity index is 491. The molecule has 15 heavy (non-hydrogen) atoms. The molecule has 82 valence electrons. The van der Waals surface area contributed by atoms with Crippen molar-refractivity contribution in [3.8, 4) is 0 Å². The Kier molecular flexibility index (Phi) is 3.26. The molecule has 0 saturated carbocycles. The summed E-state index contributed by atoms with van der Waals surface area (Å²) < 4.78 is 22.5. The van der Waals surface area contributed by atoms with Crippen molar-refractivity contribution < 1.29 is 13.2 Å². The summed E-state index contributed by atoms with van der Waals surface area (Å²) >= 11 is 0. The van der Waals surface area contributed by atoms with Gasteiger partial charge in [0.15, 0.2) is 5.78 Å². The second kappa shape index (κ2) is 4.12. The maximum Gasteiger partial charge on any atom is 0.238 e. The number of Topliss-reactive ketones (excluding diaryl/α,β-unsaturated/α-hetero) is 1. The number of primary sulfonamides is 1. The first kappa shape index (κ1) is 11.9. The van der Waals surface area contributed by atoms with Crippen LogP contribution in [0.5, 0.6) is 0 Å². The van der Waals surface area contributed by atoms with Gasteiger partial charge in [0.2, 0.25) is 10.0 Å². The van der Waals surface area contributed by atoms with E-state index in [1.165, 1.54) is 13.0 Å². The number of hydrogen-bond acceptors (Lipinski definition) is 3. The minimum atomic E-state index is -3.75. The molecule has 1 aromatic carbocycles. The highest BCUT2D eigenvalue weighted by Crippen LogP contribution is 2.17. The third-order valence-corrected chi connectivity index (χ3v) is 3.15. The van der Waals surface area contributed by atoms with Gasteiger partial charge in [0, 0.05) is 5.56 Å². The Labute approximate surface area is 89.2 Å². The molecule has 0 fully saturated rings. The van der Waals surface area contributed by atoms with Crippen LogP contribution in [0.25, 0.3) is 0 Å². The fourth-order valence-electron chi connectivity index (χ4n) is 1.33. The van der Waals surface area contributed by atoms with E-state index in [1.807, 2.05) is 6.92 Å². The summed E-state index contributed by atoms with van der Waals surface area (Å²) in [5, 5.41) is 5.06. The number of benzene rings is 1. The van der Waals surface area contributed by atoms with Crippen molar-refractivity contribution in [1.29, 1.82) is 0 Å². The molecule has 0 heterocycles. The monoisotopic (exact) mass is 227 g/mol. The second-order valence-corrected chi connectivity index (χ2v) is 4.81. The molecule has 1 rings (SSSR count). The van der Waals surface area contributed by atoms with Gasteiger partial charge in [-0.05, 0) is 25.0 Å². The van der Waals surface area contributed by atoms with Crippen molar-refractivity contribution in [1.82, 2.24) is 0 Å². The Hall–Kier alpha value is -1.20. The van der Waals surface area contributed by atoms with Gasteiger partial charge >= 0.3 is 0 Å². The minimum absolute atomic E-state index is 0.0395. The molecule has 0 spiro atoms. The summed E-state index contributed by atoms with van der Waals surface area (Å²) in [4.78, 5) is 11.1. The number of hydrogen-bond donors (Lipinski definition) is 1. The van der Waals surface area contributed by atoms with Crippen LogP contribution in [-0.4, -0.2) is 14.2 Å². The summed E-state index contributed by atoms with van der Waals surface area (Å²) in [6.45, 7) is 3.21. The zero-order chi connectivity index (χ0) is 11.6. The van der Waals surface area contributed by atoms with Gasteiger partial charge in [-0.1, -0.05) is 19.1 Å². The largest absolute Gasteiger partial charge is 0.295 e. The lowest BCUT2D eigenvalue weighted by molar-refractivity contribution is 0.101. The molecule has 4 nitrogen and oxygen atoms in total. The number of ketones is 1.